The summed E-state index contributed by atoms with van der Waals surface area (Å²) >= 11 is 0. The molecule has 2 aromatic carbocycles. The van der Waals surface area contributed by atoms with Gasteiger partial charge < -0.3 is 20.4 Å². The Morgan fingerprint density at radius 2 is 1.88 bits per heavy atom. The van der Waals surface area contributed by atoms with Crippen LogP contribution in [0.5, 0.6) is 0 Å². The van der Waals surface area contributed by atoms with Crippen LogP contribution in [0.4, 0.5) is 5.69 Å². The number of nitrogen functional groups attached to an aromatic ring is 1. The number of H-pyrrole nitrogens is 1. The number of nitrogens with zero attached hydrogens (tertiary/aromatic N) is 3. The maximum absolute atomic E-state index is 13.6. The van der Waals surface area contributed by atoms with Gasteiger partial charge in [0.05, 0.1) is 6.61 Å². The molecule has 3 aromatic rings. The predicted molar refractivity (Wildman–Crippen MR) is 133 cm³/mol. The van der Waals surface area contributed by atoms with E-state index in [1.807, 2.05) is 23.1 Å². The molecule has 1 unspecified atom stereocenters. The van der Waals surface area contributed by atoms with Gasteiger partial charge in [-0.2, -0.15) is 0 Å². The third-order valence-electron chi connectivity index (χ3n) is 7.33. The summed E-state index contributed by atoms with van der Waals surface area (Å²) in [5.74, 6) is 2.43. The Hall–Kier alpha value is -3.19. The minimum atomic E-state index is 0.109. The smallest absolute Gasteiger partial charge is 0.254 e. The fourth-order valence-corrected chi connectivity index (χ4v) is 5.20. The fraction of sp³-hybridized carbons (Fsp3) is 0.444. The number of anilines is 1. The summed E-state index contributed by atoms with van der Waals surface area (Å²) in [6.07, 6.45) is 3.69. The largest absolute Gasteiger partial charge is 0.399 e. The van der Waals surface area contributed by atoms with E-state index in [9.17, 15) is 4.79 Å². The third-order valence-corrected chi connectivity index (χ3v) is 7.33. The van der Waals surface area contributed by atoms with Gasteiger partial charge in [0.1, 0.15) is 5.82 Å². The molecule has 0 bridgehead atoms. The lowest BCUT2D eigenvalue weighted by Gasteiger charge is -2.33. The molecule has 34 heavy (non-hydrogen) atoms. The second-order valence-corrected chi connectivity index (χ2v) is 9.53. The van der Waals surface area contributed by atoms with Crippen LogP contribution in [0.1, 0.15) is 70.9 Å². The zero-order chi connectivity index (χ0) is 23.7. The fourth-order valence-electron chi connectivity index (χ4n) is 5.20. The summed E-state index contributed by atoms with van der Waals surface area (Å²) in [6.45, 7) is 7.13. The number of aromatic amines is 1. The number of carbonyl (C=O) groups is 1. The van der Waals surface area contributed by atoms with Gasteiger partial charge in [-0.05, 0) is 73.4 Å². The van der Waals surface area contributed by atoms with Crippen molar-refractivity contribution in [2.75, 3.05) is 32.0 Å². The van der Waals surface area contributed by atoms with Crippen molar-refractivity contribution in [3.05, 3.63) is 64.5 Å². The van der Waals surface area contributed by atoms with Gasteiger partial charge in [0.15, 0.2) is 5.82 Å². The van der Waals surface area contributed by atoms with Crippen molar-refractivity contribution < 1.29 is 9.53 Å². The second kappa shape index (κ2) is 9.58. The number of hydrogen-bond donors (Lipinski definition) is 2. The number of hydrogen-bond acceptors (Lipinski definition) is 5. The molecule has 1 amide bonds. The molecular weight excluding hydrogens is 426 g/mol. The quantitative estimate of drug-likeness (QED) is 0.550. The van der Waals surface area contributed by atoms with E-state index in [4.69, 9.17) is 10.5 Å². The molecule has 3 N–H and O–H groups in total. The minimum Gasteiger partial charge on any atom is -0.399 e. The number of amides is 1. The Balaban J connectivity index is 1.35. The monoisotopic (exact) mass is 459 g/mol. The normalized spacial score (nSPS) is 19.0. The molecule has 0 spiro atoms. The molecular formula is C27H33N5O2. The molecule has 0 saturated carbocycles. The number of rotatable bonds is 5. The number of carbonyl (C=O) groups excluding carboxylic acids is 1. The molecule has 1 atom stereocenters. The van der Waals surface area contributed by atoms with E-state index in [1.54, 1.807) is 0 Å². The number of aryl methyl sites for hydroxylation is 2. The highest BCUT2D eigenvalue weighted by Crippen LogP contribution is 2.32. The molecule has 0 radical (unpaired) electrons. The van der Waals surface area contributed by atoms with Crippen molar-refractivity contribution in [2.45, 2.75) is 51.4 Å². The van der Waals surface area contributed by atoms with E-state index in [2.05, 4.69) is 47.2 Å². The van der Waals surface area contributed by atoms with E-state index in [0.717, 1.165) is 85.0 Å². The van der Waals surface area contributed by atoms with E-state index in [0.29, 0.717) is 12.5 Å². The first-order valence-corrected chi connectivity index (χ1v) is 12.3. The minimum absolute atomic E-state index is 0.109. The van der Waals surface area contributed by atoms with Gasteiger partial charge in [-0.25, -0.2) is 0 Å². The standard InChI is InChI=1S/C27H33N5O2/c1-3-18-14-17(2)23(26-29-25(30-31-26)21-10-13-34-16-21)15-24(18)27(33)32-11-8-20(9-12-32)19-4-6-22(28)7-5-19/h4-7,14-15,20-21H,3,8-13,16,28H2,1-2H3,(H,29,30,31). The van der Waals surface area contributed by atoms with Gasteiger partial charge in [-0.3, -0.25) is 4.79 Å². The molecule has 2 saturated heterocycles. The van der Waals surface area contributed by atoms with Crippen molar-refractivity contribution in [2.24, 2.45) is 0 Å². The van der Waals surface area contributed by atoms with E-state index in [-0.39, 0.29) is 11.8 Å². The zero-order valence-corrected chi connectivity index (χ0v) is 20.0. The Morgan fingerprint density at radius 3 is 2.56 bits per heavy atom. The molecule has 3 heterocycles. The van der Waals surface area contributed by atoms with Crippen LogP contribution in [0.2, 0.25) is 0 Å². The van der Waals surface area contributed by atoms with Crippen LogP contribution in [-0.4, -0.2) is 52.3 Å². The van der Waals surface area contributed by atoms with E-state index < -0.39 is 0 Å². The summed E-state index contributed by atoms with van der Waals surface area (Å²) < 4.78 is 5.50. The molecule has 2 aliphatic rings. The highest BCUT2D eigenvalue weighted by atomic mass is 16.5. The summed E-state index contributed by atoms with van der Waals surface area (Å²) in [4.78, 5) is 19.0. The third kappa shape index (κ3) is 4.44. The molecule has 2 aliphatic heterocycles. The second-order valence-electron chi connectivity index (χ2n) is 9.53. The first-order chi connectivity index (χ1) is 16.5. The highest BCUT2D eigenvalue weighted by molar-refractivity contribution is 5.97. The molecule has 7 nitrogen and oxygen atoms in total. The summed E-state index contributed by atoms with van der Waals surface area (Å²) in [5.41, 5.74) is 11.8. The summed E-state index contributed by atoms with van der Waals surface area (Å²) in [6, 6.07) is 12.3. The van der Waals surface area contributed by atoms with Crippen LogP contribution < -0.4 is 5.73 Å². The SMILES string of the molecule is CCc1cc(C)c(-c2nnc(C3CCOC3)[nH]2)cc1C(=O)N1CCC(c2ccc(N)cc2)CC1. The number of piperidine rings is 1. The van der Waals surface area contributed by atoms with Gasteiger partial charge in [-0.1, -0.05) is 25.1 Å². The zero-order valence-electron chi connectivity index (χ0n) is 20.0. The van der Waals surface area contributed by atoms with Crippen LogP contribution in [0.25, 0.3) is 11.4 Å². The van der Waals surface area contributed by atoms with Crippen LogP contribution in [0.3, 0.4) is 0 Å². The molecule has 178 valence electrons. The number of nitrogens with two attached hydrogens (primary N) is 1. The number of benzene rings is 2. The van der Waals surface area contributed by atoms with Crippen molar-refractivity contribution in [3.8, 4) is 11.4 Å². The molecule has 7 heteroatoms. The van der Waals surface area contributed by atoms with Gasteiger partial charge in [0.25, 0.3) is 5.91 Å². The van der Waals surface area contributed by atoms with Crippen molar-refractivity contribution in [1.82, 2.24) is 20.1 Å². The number of ether oxygens (including phenoxy) is 1. The van der Waals surface area contributed by atoms with Crippen LogP contribution >= 0.6 is 0 Å². The van der Waals surface area contributed by atoms with Crippen molar-refractivity contribution in [1.29, 1.82) is 0 Å². The highest BCUT2D eigenvalue weighted by Gasteiger charge is 2.27. The topological polar surface area (TPSA) is 97.1 Å². The lowest BCUT2D eigenvalue weighted by atomic mass is 9.88. The van der Waals surface area contributed by atoms with Crippen molar-refractivity contribution >= 4 is 11.6 Å². The van der Waals surface area contributed by atoms with E-state index >= 15 is 0 Å². The lowest BCUT2D eigenvalue weighted by Crippen LogP contribution is -2.38. The van der Waals surface area contributed by atoms with E-state index in [1.165, 1.54) is 5.56 Å². The molecule has 5 rings (SSSR count). The predicted octanol–water partition coefficient (Wildman–Crippen LogP) is 4.45. The van der Waals surface area contributed by atoms with Crippen molar-refractivity contribution in [3.63, 3.8) is 0 Å². The first-order valence-electron chi connectivity index (χ1n) is 12.3. The average Bonchev–Trinajstić information content (AvgIpc) is 3.56. The number of nitrogens with one attached hydrogen (secondary N) is 1. The lowest BCUT2D eigenvalue weighted by molar-refractivity contribution is 0.0712. The Morgan fingerprint density at radius 1 is 1.12 bits per heavy atom. The van der Waals surface area contributed by atoms with Crippen LogP contribution in [0.15, 0.2) is 36.4 Å². The Kier molecular flexibility index (Phi) is 6.37. The first kappa shape index (κ1) is 22.6. The Bertz CT molecular complexity index is 1160. The average molecular weight is 460 g/mol. The maximum atomic E-state index is 13.6. The van der Waals surface area contributed by atoms with Gasteiger partial charge in [0, 0.05) is 42.4 Å². The Labute approximate surface area is 200 Å². The number of aromatic nitrogens is 3. The van der Waals surface area contributed by atoms with Crippen LogP contribution in [-0.2, 0) is 11.2 Å². The number of likely N-dealkylation sites (tertiary alicyclic amines) is 1. The van der Waals surface area contributed by atoms with Gasteiger partial charge in [0.2, 0.25) is 0 Å². The molecule has 2 fully saturated rings. The van der Waals surface area contributed by atoms with Gasteiger partial charge in [-0.15, -0.1) is 10.2 Å². The summed E-state index contributed by atoms with van der Waals surface area (Å²) in [7, 11) is 0. The van der Waals surface area contributed by atoms with Crippen LogP contribution in [0, 0.1) is 6.92 Å². The van der Waals surface area contributed by atoms with Gasteiger partial charge >= 0.3 is 0 Å². The maximum Gasteiger partial charge on any atom is 0.254 e. The molecule has 0 aliphatic carbocycles. The molecule has 1 aromatic heterocycles. The summed E-state index contributed by atoms with van der Waals surface area (Å²) in [5, 5.41) is 8.79.